The Hall–Kier alpha value is -2.15. The van der Waals surface area contributed by atoms with E-state index in [0.29, 0.717) is 12.4 Å². The summed E-state index contributed by atoms with van der Waals surface area (Å²) >= 11 is 1.62. The van der Waals surface area contributed by atoms with Gasteiger partial charge in [-0.25, -0.2) is 14.8 Å². The first kappa shape index (κ1) is 16.2. The Balaban J connectivity index is 1.82. The molecule has 2 aromatic heterocycles. The fraction of sp³-hybridized carbons (Fsp3) is 0.400. The molecule has 0 aliphatic carbocycles. The summed E-state index contributed by atoms with van der Waals surface area (Å²) in [6.07, 6.45) is 1.72. The molecule has 0 saturated heterocycles. The van der Waals surface area contributed by atoms with Gasteiger partial charge in [-0.1, -0.05) is 6.92 Å². The van der Waals surface area contributed by atoms with E-state index in [1.54, 1.807) is 23.6 Å². The molecule has 0 unspecified atom stereocenters. The molecule has 0 radical (unpaired) electrons. The first-order valence-corrected chi connectivity index (χ1v) is 7.94. The van der Waals surface area contributed by atoms with E-state index in [1.165, 1.54) is 0 Å². The van der Waals surface area contributed by atoms with Crippen LogP contribution in [0.5, 0.6) is 0 Å². The molecule has 6 nitrogen and oxygen atoms in total. The van der Waals surface area contributed by atoms with Crippen LogP contribution in [0, 0.1) is 6.92 Å². The first-order valence-electron chi connectivity index (χ1n) is 7.06. The average Bonchev–Trinajstić information content (AvgIpc) is 2.92. The number of aryl methyl sites for hydroxylation is 1. The topological polar surface area (TPSA) is 70.2 Å². The smallest absolute Gasteiger partial charge is 0.320 e. The van der Waals surface area contributed by atoms with E-state index < -0.39 is 0 Å². The van der Waals surface area contributed by atoms with Crippen molar-refractivity contribution < 1.29 is 4.79 Å². The van der Waals surface area contributed by atoms with Crippen LogP contribution in [-0.4, -0.2) is 36.6 Å². The minimum Gasteiger partial charge on any atom is -0.376 e. The Kier molecular flexibility index (Phi) is 5.32. The van der Waals surface area contributed by atoms with Crippen molar-refractivity contribution in [3.8, 4) is 0 Å². The second kappa shape index (κ2) is 7.22. The molecule has 0 bridgehead atoms. The molecule has 1 atom stereocenters. The molecule has 2 amide bonds. The van der Waals surface area contributed by atoms with E-state index in [4.69, 9.17) is 0 Å². The number of carbonyl (C=O) groups excluding carboxylic acids is 1. The number of hydrogen-bond donors (Lipinski definition) is 2. The number of nitrogens with zero attached hydrogens (tertiary/aromatic N) is 3. The van der Waals surface area contributed by atoms with Gasteiger partial charge in [0.2, 0.25) is 0 Å². The van der Waals surface area contributed by atoms with Crippen LogP contribution in [0.2, 0.25) is 0 Å². The number of urea groups is 1. The molecule has 0 aliphatic heterocycles. The number of nitrogens with one attached hydrogen (secondary N) is 2. The second-order valence-corrected chi connectivity index (χ2v) is 6.25. The number of aromatic nitrogens is 2. The number of rotatable bonds is 5. The van der Waals surface area contributed by atoms with Crippen LogP contribution in [0.4, 0.5) is 16.3 Å². The maximum Gasteiger partial charge on any atom is 0.320 e. The summed E-state index contributed by atoms with van der Waals surface area (Å²) < 4.78 is 0. The van der Waals surface area contributed by atoms with E-state index in [-0.39, 0.29) is 11.9 Å². The lowest BCUT2D eigenvalue weighted by molar-refractivity contribution is 0.251. The standard InChI is InChI=1S/C15H21N5OS/c1-10(14-18-11(2)9-22-14)7-17-15(21)19-13-6-5-12(8-16-13)20(3)4/h5-6,8-10H,7H2,1-4H3,(H2,16,17,19,21)/t10-/m1/s1. The SMILES string of the molecule is Cc1csc([C@H](C)CNC(=O)Nc2ccc(N(C)C)cn2)n1. The van der Waals surface area contributed by atoms with Crippen molar-refractivity contribution in [3.05, 3.63) is 34.4 Å². The van der Waals surface area contributed by atoms with Gasteiger partial charge in [-0.3, -0.25) is 5.32 Å². The normalized spacial score (nSPS) is 11.8. The van der Waals surface area contributed by atoms with Crippen molar-refractivity contribution in [2.75, 3.05) is 30.9 Å². The number of hydrogen-bond acceptors (Lipinski definition) is 5. The molecule has 0 fully saturated rings. The number of thiazole rings is 1. The third-order valence-corrected chi connectivity index (χ3v) is 4.33. The molecular weight excluding hydrogens is 298 g/mol. The molecule has 118 valence electrons. The van der Waals surface area contributed by atoms with Crippen molar-refractivity contribution in [2.45, 2.75) is 19.8 Å². The van der Waals surface area contributed by atoms with E-state index in [1.807, 2.05) is 44.3 Å². The monoisotopic (exact) mass is 319 g/mol. The van der Waals surface area contributed by atoms with Gasteiger partial charge in [-0.05, 0) is 19.1 Å². The average molecular weight is 319 g/mol. The Morgan fingerprint density at radius 3 is 2.73 bits per heavy atom. The van der Waals surface area contributed by atoms with Gasteiger partial charge in [0.05, 0.1) is 16.9 Å². The van der Waals surface area contributed by atoms with Crippen LogP contribution >= 0.6 is 11.3 Å². The van der Waals surface area contributed by atoms with Gasteiger partial charge in [0.1, 0.15) is 5.82 Å². The van der Waals surface area contributed by atoms with Crippen LogP contribution < -0.4 is 15.5 Å². The molecule has 0 aliphatic rings. The number of carbonyl (C=O) groups is 1. The first-order chi connectivity index (χ1) is 10.5. The van der Waals surface area contributed by atoms with Gasteiger partial charge in [0.25, 0.3) is 0 Å². The van der Waals surface area contributed by atoms with E-state index in [0.717, 1.165) is 16.4 Å². The fourth-order valence-corrected chi connectivity index (χ4v) is 2.67. The van der Waals surface area contributed by atoms with Gasteiger partial charge in [0, 0.05) is 37.6 Å². The minimum absolute atomic E-state index is 0.188. The maximum absolute atomic E-state index is 11.9. The third kappa shape index (κ3) is 4.42. The van der Waals surface area contributed by atoms with Gasteiger partial charge in [-0.2, -0.15) is 0 Å². The zero-order valence-electron chi connectivity index (χ0n) is 13.3. The number of amides is 2. The van der Waals surface area contributed by atoms with Crippen LogP contribution in [0.15, 0.2) is 23.7 Å². The highest BCUT2D eigenvalue weighted by atomic mass is 32.1. The lowest BCUT2D eigenvalue weighted by Crippen LogP contribution is -2.32. The Morgan fingerprint density at radius 2 is 2.18 bits per heavy atom. The largest absolute Gasteiger partial charge is 0.376 e. The van der Waals surface area contributed by atoms with Crippen molar-refractivity contribution in [1.29, 1.82) is 0 Å². The summed E-state index contributed by atoms with van der Waals surface area (Å²) in [4.78, 5) is 22.5. The second-order valence-electron chi connectivity index (χ2n) is 5.36. The predicted octanol–water partition coefficient (Wildman–Crippen LogP) is 2.84. The molecule has 0 spiro atoms. The summed E-state index contributed by atoms with van der Waals surface area (Å²) in [6, 6.07) is 3.43. The lowest BCUT2D eigenvalue weighted by Gasteiger charge is -2.13. The Bertz CT molecular complexity index is 623. The van der Waals surface area contributed by atoms with Crippen LogP contribution in [0.1, 0.15) is 23.5 Å². The van der Waals surface area contributed by atoms with Crippen molar-refractivity contribution in [1.82, 2.24) is 15.3 Å². The molecule has 2 heterocycles. The Labute approximate surface area is 134 Å². The van der Waals surface area contributed by atoms with E-state index in [2.05, 4.69) is 20.6 Å². The summed E-state index contributed by atoms with van der Waals surface area (Å²) in [5, 5.41) is 8.62. The van der Waals surface area contributed by atoms with Crippen LogP contribution in [0.25, 0.3) is 0 Å². The highest BCUT2D eigenvalue weighted by molar-refractivity contribution is 7.09. The highest BCUT2D eigenvalue weighted by Gasteiger charge is 2.11. The van der Waals surface area contributed by atoms with Gasteiger partial charge < -0.3 is 10.2 Å². The quantitative estimate of drug-likeness (QED) is 0.889. The number of anilines is 2. The molecule has 2 rings (SSSR count). The summed E-state index contributed by atoms with van der Waals surface area (Å²) in [5.41, 5.74) is 2.00. The van der Waals surface area contributed by atoms with Gasteiger partial charge >= 0.3 is 6.03 Å². The summed E-state index contributed by atoms with van der Waals surface area (Å²) in [5.74, 6) is 0.717. The van der Waals surface area contributed by atoms with E-state index >= 15 is 0 Å². The fourth-order valence-electron chi connectivity index (χ4n) is 1.82. The summed E-state index contributed by atoms with van der Waals surface area (Å²) in [6.45, 7) is 4.55. The van der Waals surface area contributed by atoms with Crippen molar-refractivity contribution >= 4 is 28.9 Å². The molecule has 0 aromatic carbocycles. The molecule has 2 N–H and O–H groups in total. The van der Waals surface area contributed by atoms with E-state index in [9.17, 15) is 4.79 Å². The molecule has 7 heteroatoms. The van der Waals surface area contributed by atoms with Gasteiger partial charge in [0.15, 0.2) is 0 Å². The number of pyridine rings is 1. The highest BCUT2D eigenvalue weighted by Crippen LogP contribution is 2.19. The Morgan fingerprint density at radius 1 is 1.41 bits per heavy atom. The summed E-state index contributed by atoms with van der Waals surface area (Å²) in [7, 11) is 3.89. The zero-order chi connectivity index (χ0) is 16.1. The predicted molar refractivity (Wildman–Crippen MR) is 90.9 cm³/mol. The minimum atomic E-state index is -0.259. The molecular formula is C15H21N5OS. The molecule has 2 aromatic rings. The third-order valence-electron chi connectivity index (χ3n) is 3.13. The maximum atomic E-state index is 11.9. The van der Waals surface area contributed by atoms with Crippen LogP contribution in [0.3, 0.4) is 0 Å². The zero-order valence-corrected chi connectivity index (χ0v) is 14.1. The van der Waals surface area contributed by atoms with Gasteiger partial charge in [-0.15, -0.1) is 11.3 Å². The molecule has 22 heavy (non-hydrogen) atoms. The lowest BCUT2D eigenvalue weighted by atomic mass is 10.2. The van der Waals surface area contributed by atoms with Crippen LogP contribution in [-0.2, 0) is 0 Å². The van der Waals surface area contributed by atoms with Crippen molar-refractivity contribution in [2.24, 2.45) is 0 Å². The molecule has 0 saturated carbocycles. The van der Waals surface area contributed by atoms with Crippen molar-refractivity contribution in [3.63, 3.8) is 0 Å².